The lowest BCUT2D eigenvalue weighted by atomic mass is 10.1. The Balaban J connectivity index is 0.00000120. The zero-order valence-electron chi connectivity index (χ0n) is 16.0. The van der Waals surface area contributed by atoms with Crippen LogP contribution < -0.4 is 5.32 Å². The van der Waals surface area contributed by atoms with Gasteiger partial charge in [0, 0.05) is 37.9 Å². The zero-order valence-corrected chi connectivity index (χ0v) is 17.7. The summed E-state index contributed by atoms with van der Waals surface area (Å²) in [6, 6.07) is 10.5. The van der Waals surface area contributed by atoms with Crippen LogP contribution in [0.1, 0.15) is 17.1 Å². The first-order chi connectivity index (χ1) is 13.3. The number of aryl methyl sites for hydroxylation is 1. The zero-order chi connectivity index (χ0) is 18.2. The van der Waals surface area contributed by atoms with Gasteiger partial charge < -0.3 is 9.88 Å². The van der Waals surface area contributed by atoms with E-state index < -0.39 is 0 Å². The van der Waals surface area contributed by atoms with Gasteiger partial charge in [0.15, 0.2) is 5.82 Å². The van der Waals surface area contributed by atoms with Crippen LogP contribution in [0.5, 0.6) is 0 Å². The molecule has 0 fully saturated rings. The first-order valence-corrected chi connectivity index (χ1v) is 9.17. The van der Waals surface area contributed by atoms with E-state index in [1.807, 2.05) is 31.7 Å². The minimum Gasteiger partial charge on any atom is -0.331 e. The molecule has 1 aromatic carbocycles. The Morgan fingerprint density at radius 1 is 1.07 bits per heavy atom. The maximum Gasteiger partial charge on any atom is 0.165 e. The average Bonchev–Trinajstić information content (AvgIpc) is 3.41. The number of rotatable bonds is 4. The van der Waals surface area contributed by atoms with Gasteiger partial charge in [0.2, 0.25) is 0 Å². The largest absolute Gasteiger partial charge is 0.331 e. The second-order valence-electron chi connectivity index (χ2n) is 6.77. The molecule has 0 unspecified atom stereocenters. The van der Waals surface area contributed by atoms with E-state index >= 15 is 0 Å². The van der Waals surface area contributed by atoms with Crippen molar-refractivity contribution in [3.8, 4) is 17.2 Å². The SMILES string of the molecule is Cc1nccn1Cc1ccccc1-n1ccnc1-c1cc2n(n1)CCNC2.Cl.Cl. The van der Waals surface area contributed by atoms with Crippen molar-refractivity contribution in [2.45, 2.75) is 26.6 Å². The molecule has 0 saturated heterocycles. The van der Waals surface area contributed by atoms with Crippen molar-refractivity contribution in [2.24, 2.45) is 0 Å². The minimum absolute atomic E-state index is 0. The smallest absolute Gasteiger partial charge is 0.165 e. The maximum atomic E-state index is 4.78. The molecule has 0 bridgehead atoms. The molecule has 5 rings (SSSR count). The van der Waals surface area contributed by atoms with Gasteiger partial charge in [0.05, 0.1) is 24.5 Å². The summed E-state index contributed by atoms with van der Waals surface area (Å²) < 4.78 is 6.35. The van der Waals surface area contributed by atoms with E-state index in [4.69, 9.17) is 5.10 Å². The highest BCUT2D eigenvalue weighted by atomic mass is 35.5. The van der Waals surface area contributed by atoms with E-state index in [-0.39, 0.29) is 24.8 Å². The van der Waals surface area contributed by atoms with Gasteiger partial charge in [0.25, 0.3) is 0 Å². The fourth-order valence-corrected chi connectivity index (χ4v) is 3.62. The molecule has 1 aliphatic rings. The monoisotopic (exact) mass is 431 g/mol. The number of fused-ring (bicyclic) bond motifs is 1. The second-order valence-corrected chi connectivity index (χ2v) is 6.77. The second kappa shape index (κ2) is 8.82. The Bertz CT molecular complexity index is 1070. The molecular formula is C20H23Cl2N7. The lowest BCUT2D eigenvalue weighted by Gasteiger charge is -2.14. The number of aromatic nitrogens is 6. The molecule has 4 heterocycles. The van der Waals surface area contributed by atoms with Crippen LogP contribution in [0.25, 0.3) is 17.2 Å². The van der Waals surface area contributed by atoms with Gasteiger partial charge in [-0.2, -0.15) is 5.10 Å². The summed E-state index contributed by atoms with van der Waals surface area (Å²) in [5.41, 5.74) is 4.44. The molecule has 7 nitrogen and oxygen atoms in total. The first kappa shape index (κ1) is 21.1. The maximum absolute atomic E-state index is 4.78. The Morgan fingerprint density at radius 3 is 2.69 bits per heavy atom. The van der Waals surface area contributed by atoms with E-state index in [1.54, 1.807) is 0 Å². The van der Waals surface area contributed by atoms with Gasteiger partial charge in [-0.1, -0.05) is 18.2 Å². The Kier molecular flexibility index (Phi) is 6.42. The molecule has 0 spiro atoms. The summed E-state index contributed by atoms with van der Waals surface area (Å²) in [5, 5.41) is 8.17. The normalized spacial score (nSPS) is 12.7. The number of benzene rings is 1. The summed E-state index contributed by atoms with van der Waals surface area (Å²) >= 11 is 0. The van der Waals surface area contributed by atoms with Crippen LogP contribution >= 0.6 is 24.8 Å². The summed E-state index contributed by atoms with van der Waals surface area (Å²) in [7, 11) is 0. The minimum atomic E-state index is 0. The number of imidazole rings is 2. The Hall–Kier alpha value is -2.61. The van der Waals surface area contributed by atoms with Crippen LogP contribution in [0.3, 0.4) is 0 Å². The van der Waals surface area contributed by atoms with Crippen LogP contribution in [0.15, 0.2) is 55.1 Å². The molecule has 4 aromatic rings. The van der Waals surface area contributed by atoms with E-state index in [9.17, 15) is 0 Å². The average molecular weight is 432 g/mol. The molecule has 9 heteroatoms. The summed E-state index contributed by atoms with van der Waals surface area (Å²) in [4.78, 5) is 8.94. The summed E-state index contributed by atoms with van der Waals surface area (Å²) in [5.74, 6) is 1.87. The number of nitrogens with one attached hydrogen (secondary N) is 1. The Morgan fingerprint density at radius 2 is 1.90 bits per heavy atom. The lowest BCUT2D eigenvalue weighted by Crippen LogP contribution is -2.28. The van der Waals surface area contributed by atoms with Crippen molar-refractivity contribution in [3.05, 3.63) is 72.2 Å². The van der Waals surface area contributed by atoms with Crippen molar-refractivity contribution in [1.82, 2.24) is 34.2 Å². The molecule has 29 heavy (non-hydrogen) atoms. The first-order valence-electron chi connectivity index (χ1n) is 9.17. The van der Waals surface area contributed by atoms with E-state index in [0.29, 0.717) is 0 Å². The molecule has 0 atom stereocenters. The molecule has 1 aliphatic heterocycles. The standard InChI is InChI=1S/C20H21N7.2ClH/c1-15-22-7-9-25(15)14-16-4-2-3-5-19(16)26-10-8-23-20(26)18-12-17-13-21-6-11-27(17)24-18;;/h2-5,7-10,12,21H,6,11,13-14H2,1H3;2*1H. The predicted octanol–water partition coefficient (Wildman–Crippen LogP) is 3.24. The van der Waals surface area contributed by atoms with Gasteiger partial charge in [-0.3, -0.25) is 9.25 Å². The van der Waals surface area contributed by atoms with Crippen LogP contribution in [-0.2, 0) is 19.6 Å². The molecule has 0 saturated carbocycles. The van der Waals surface area contributed by atoms with E-state index in [0.717, 1.165) is 49.2 Å². The summed E-state index contributed by atoms with van der Waals surface area (Å²) in [6.07, 6.45) is 7.69. The third-order valence-corrected chi connectivity index (χ3v) is 5.06. The molecular weight excluding hydrogens is 409 g/mol. The van der Waals surface area contributed by atoms with Crippen LogP contribution in [-0.4, -0.2) is 35.4 Å². The fraction of sp³-hybridized carbons (Fsp3) is 0.250. The highest BCUT2D eigenvalue weighted by Crippen LogP contribution is 2.25. The van der Waals surface area contributed by atoms with Crippen LogP contribution in [0.2, 0.25) is 0 Å². The van der Waals surface area contributed by atoms with Gasteiger partial charge in [-0.05, 0) is 24.6 Å². The fourth-order valence-electron chi connectivity index (χ4n) is 3.62. The molecule has 1 N–H and O–H groups in total. The number of nitrogens with zero attached hydrogens (tertiary/aromatic N) is 6. The Labute approximate surface area is 181 Å². The van der Waals surface area contributed by atoms with Gasteiger partial charge >= 0.3 is 0 Å². The van der Waals surface area contributed by atoms with Crippen molar-refractivity contribution in [3.63, 3.8) is 0 Å². The number of hydrogen-bond acceptors (Lipinski definition) is 4. The highest BCUT2D eigenvalue weighted by molar-refractivity contribution is 5.85. The van der Waals surface area contributed by atoms with Crippen molar-refractivity contribution >= 4 is 24.8 Å². The van der Waals surface area contributed by atoms with Gasteiger partial charge in [-0.15, -0.1) is 24.8 Å². The molecule has 0 amide bonds. The van der Waals surface area contributed by atoms with E-state index in [1.165, 1.54) is 11.3 Å². The quantitative estimate of drug-likeness (QED) is 0.538. The predicted molar refractivity (Wildman–Crippen MR) is 117 cm³/mol. The molecule has 3 aromatic heterocycles. The van der Waals surface area contributed by atoms with Crippen LogP contribution in [0.4, 0.5) is 0 Å². The topological polar surface area (TPSA) is 65.5 Å². The number of para-hydroxylation sites is 1. The molecule has 0 radical (unpaired) electrons. The van der Waals surface area contributed by atoms with E-state index in [2.05, 4.69) is 59.4 Å². The van der Waals surface area contributed by atoms with Gasteiger partial charge in [-0.25, -0.2) is 9.97 Å². The van der Waals surface area contributed by atoms with Crippen LogP contribution in [0, 0.1) is 6.92 Å². The summed E-state index contributed by atoms with van der Waals surface area (Å²) in [6.45, 7) is 5.49. The van der Waals surface area contributed by atoms with Crippen molar-refractivity contribution in [2.75, 3.05) is 6.54 Å². The van der Waals surface area contributed by atoms with Crippen molar-refractivity contribution in [1.29, 1.82) is 0 Å². The third-order valence-electron chi connectivity index (χ3n) is 5.06. The van der Waals surface area contributed by atoms with Crippen molar-refractivity contribution < 1.29 is 0 Å². The highest BCUT2D eigenvalue weighted by Gasteiger charge is 2.17. The molecule has 0 aliphatic carbocycles. The van der Waals surface area contributed by atoms with Gasteiger partial charge in [0.1, 0.15) is 11.5 Å². The third kappa shape index (κ3) is 3.94. The number of halogens is 2. The molecule has 152 valence electrons. The lowest BCUT2D eigenvalue weighted by molar-refractivity contribution is 0.476. The number of hydrogen-bond donors (Lipinski definition) is 1.